The van der Waals surface area contributed by atoms with Crippen LogP contribution in [0.5, 0.6) is 0 Å². The van der Waals surface area contributed by atoms with Crippen molar-refractivity contribution in [2.75, 3.05) is 6.61 Å². The van der Waals surface area contributed by atoms with Crippen LogP contribution in [0, 0.1) is 11.6 Å². The van der Waals surface area contributed by atoms with E-state index >= 15 is 0 Å². The first-order valence-corrected chi connectivity index (χ1v) is 4.24. The van der Waals surface area contributed by atoms with E-state index in [1.165, 1.54) is 12.1 Å². The SMILES string of the molecule is CC(C)(CON)c1cc(F)cc(F)c1. The van der Waals surface area contributed by atoms with Gasteiger partial charge in [-0.3, -0.25) is 0 Å². The third-order valence-corrected chi connectivity index (χ3v) is 2.09. The summed E-state index contributed by atoms with van der Waals surface area (Å²) in [4.78, 5) is 4.50. The van der Waals surface area contributed by atoms with Crippen molar-refractivity contribution in [1.82, 2.24) is 0 Å². The zero-order chi connectivity index (χ0) is 10.8. The van der Waals surface area contributed by atoms with E-state index in [2.05, 4.69) is 4.84 Å². The minimum absolute atomic E-state index is 0.204. The fraction of sp³-hybridized carbons (Fsp3) is 0.400. The van der Waals surface area contributed by atoms with E-state index in [0.29, 0.717) is 5.56 Å². The maximum Gasteiger partial charge on any atom is 0.126 e. The Morgan fingerprint density at radius 1 is 1.21 bits per heavy atom. The van der Waals surface area contributed by atoms with Gasteiger partial charge in [-0.25, -0.2) is 14.7 Å². The van der Waals surface area contributed by atoms with Crippen molar-refractivity contribution in [3.63, 3.8) is 0 Å². The molecule has 0 atom stereocenters. The fourth-order valence-corrected chi connectivity index (χ4v) is 1.24. The van der Waals surface area contributed by atoms with E-state index < -0.39 is 17.0 Å². The summed E-state index contributed by atoms with van der Waals surface area (Å²) in [6, 6.07) is 3.40. The van der Waals surface area contributed by atoms with E-state index in [1.54, 1.807) is 13.8 Å². The van der Waals surface area contributed by atoms with Gasteiger partial charge < -0.3 is 4.84 Å². The van der Waals surface area contributed by atoms with Crippen LogP contribution in [0.25, 0.3) is 0 Å². The summed E-state index contributed by atoms with van der Waals surface area (Å²) in [6.07, 6.45) is 0. The summed E-state index contributed by atoms with van der Waals surface area (Å²) >= 11 is 0. The Hall–Kier alpha value is -1.00. The molecular formula is C10H13F2NO. The maximum absolute atomic E-state index is 12.9. The van der Waals surface area contributed by atoms with Crippen molar-refractivity contribution >= 4 is 0 Å². The molecule has 0 aliphatic carbocycles. The van der Waals surface area contributed by atoms with Crippen molar-refractivity contribution in [2.45, 2.75) is 19.3 Å². The van der Waals surface area contributed by atoms with Gasteiger partial charge in [0.2, 0.25) is 0 Å². The highest BCUT2D eigenvalue weighted by Gasteiger charge is 2.22. The lowest BCUT2D eigenvalue weighted by Gasteiger charge is -2.23. The molecule has 14 heavy (non-hydrogen) atoms. The zero-order valence-corrected chi connectivity index (χ0v) is 8.18. The minimum Gasteiger partial charge on any atom is -0.304 e. The normalized spacial score (nSPS) is 11.8. The predicted molar refractivity (Wildman–Crippen MR) is 49.5 cm³/mol. The first kappa shape index (κ1) is 11.1. The minimum atomic E-state index is -0.593. The van der Waals surface area contributed by atoms with Gasteiger partial charge in [0.05, 0.1) is 6.61 Å². The Morgan fingerprint density at radius 2 is 1.71 bits per heavy atom. The second kappa shape index (κ2) is 4.02. The monoisotopic (exact) mass is 201 g/mol. The summed E-state index contributed by atoms with van der Waals surface area (Å²) < 4.78 is 25.8. The van der Waals surface area contributed by atoms with Crippen molar-refractivity contribution in [2.24, 2.45) is 5.90 Å². The Labute approximate surface area is 81.6 Å². The van der Waals surface area contributed by atoms with E-state index in [-0.39, 0.29) is 6.61 Å². The van der Waals surface area contributed by atoms with Crippen molar-refractivity contribution in [3.05, 3.63) is 35.4 Å². The van der Waals surface area contributed by atoms with Crippen LogP contribution in [-0.4, -0.2) is 6.61 Å². The number of rotatable bonds is 3. The van der Waals surface area contributed by atoms with Gasteiger partial charge in [-0.15, -0.1) is 0 Å². The van der Waals surface area contributed by atoms with Gasteiger partial charge in [0.25, 0.3) is 0 Å². The van der Waals surface area contributed by atoms with Crippen molar-refractivity contribution in [3.8, 4) is 0 Å². The Balaban J connectivity index is 3.05. The third-order valence-electron chi connectivity index (χ3n) is 2.09. The number of hydrogen-bond donors (Lipinski definition) is 1. The average Bonchev–Trinajstić information content (AvgIpc) is 2.02. The summed E-state index contributed by atoms with van der Waals surface area (Å²) in [5, 5.41) is 0. The standard InChI is InChI=1S/C10H13F2NO/c1-10(2,6-14-13)7-3-8(11)5-9(12)4-7/h3-5H,6,13H2,1-2H3. The van der Waals surface area contributed by atoms with Gasteiger partial charge in [-0.1, -0.05) is 13.8 Å². The Bertz CT molecular complexity index is 306. The molecule has 0 fully saturated rings. The lowest BCUT2D eigenvalue weighted by Crippen LogP contribution is -2.26. The quantitative estimate of drug-likeness (QED) is 0.760. The van der Waals surface area contributed by atoms with E-state index in [1.807, 2.05) is 0 Å². The molecule has 0 radical (unpaired) electrons. The molecule has 78 valence electrons. The van der Waals surface area contributed by atoms with E-state index in [4.69, 9.17) is 5.90 Å². The molecule has 0 aliphatic rings. The maximum atomic E-state index is 12.9. The van der Waals surface area contributed by atoms with Crippen LogP contribution in [0.15, 0.2) is 18.2 Å². The van der Waals surface area contributed by atoms with Crippen LogP contribution in [0.3, 0.4) is 0 Å². The molecule has 1 aromatic carbocycles. The molecule has 2 nitrogen and oxygen atoms in total. The molecule has 4 heteroatoms. The molecular weight excluding hydrogens is 188 g/mol. The molecule has 0 aromatic heterocycles. The molecule has 0 bridgehead atoms. The first-order chi connectivity index (χ1) is 6.45. The summed E-state index contributed by atoms with van der Waals surface area (Å²) in [5.41, 5.74) is 0.0259. The smallest absolute Gasteiger partial charge is 0.126 e. The largest absolute Gasteiger partial charge is 0.304 e. The van der Waals surface area contributed by atoms with Crippen LogP contribution < -0.4 is 5.90 Å². The fourth-order valence-electron chi connectivity index (χ4n) is 1.24. The molecule has 2 N–H and O–H groups in total. The van der Waals surface area contributed by atoms with E-state index in [0.717, 1.165) is 6.07 Å². The second-order valence-corrected chi connectivity index (χ2v) is 3.85. The van der Waals surface area contributed by atoms with Gasteiger partial charge in [0.15, 0.2) is 0 Å². The van der Waals surface area contributed by atoms with Gasteiger partial charge >= 0.3 is 0 Å². The molecule has 0 saturated carbocycles. The topological polar surface area (TPSA) is 35.2 Å². The van der Waals surface area contributed by atoms with Crippen LogP contribution in [0.2, 0.25) is 0 Å². The number of hydrogen-bond acceptors (Lipinski definition) is 2. The molecule has 0 spiro atoms. The number of nitrogens with two attached hydrogens (primary N) is 1. The van der Waals surface area contributed by atoms with Gasteiger partial charge in [0.1, 0.15) is 11.6 Å². The van der Waals surface area contributed by atoms with Crippen molar-refractivity contribution in [1.29, 1.82) is 0 Å². The molecule has 1 aromatic rings. The predicted octanol–water partition coefficient (Wildman–Crippen LogP) is 2.13. The molecule has 0 unspecified atom stereocenters. The zero-order valence-electron chi connectivity index (χ0n) is 8.18. The molecule has 0 heterocycles. The Kier molecular flexibility index (Phi) is 3.18. The lowest BCUT2D eigenvalue weighted by molar-refractivity contribution is 0.0962. The highest BCUT2D eigenvalue weighted by Crippen LogP contribution is 2.24. The molecule has 0 saturated heterocycles. The van der Waals surface area contributed by atoms with Crippen LogP contribution in [0.4, 0.5) is 8.78 Å². The Morgan fingerprint density at radius 3 is 2.14 bits per heavy atom. The molecule has 1 rings (SSSR count). The molecule has 0 amide bonds. The van der Waals surface area contributed by atoms with Crippen molar-refractivity contribution < 1.29 is 13.6 Å². The van der Waals surface area contributed by atoms with E-state index in [9.17, 15) is 8.78 Å². The second-order valence-electron chi connectivity index (χ2n) is 3.85. The highest BCUT2D eigenvalue weighted by atomic mass is 19.1. The summed E-state index contributed by atoms with van der Waals surface area (Å²) in [7, 11) is 0. The van der Waals surface area contributed by atoms with Crippen LogP contribution in [0.1, 0.15) is 19.4 Å². The third kappa shape index (κ3) is 2.49. The van der Waals surface area contributed by atoms with Gasteiger partial charge in [-0.05, 0) is 17.7 Å². The summed E-state index contributed by atoms with van der Waals surface area (Å²) in [5.74, 6) is 3.76. The number of halogens is 2. The molecule has 0 aliphatic heterocycles. The number of benzene rings is 1. The lowest BCUT2D eigenvalue weighted by atomic mass is 9.85. The van der Waals surface area contributed by atoms with Crippen LogP contribution >= 0.6 is 0 Å². The van der Waals surface area contributed by atoms with Gasteiger partial charge in [0, 0.05) is 11.5 Å². The van der Waals surface area contributed by atoms with Crippen LogP contribution in [-0.2, 0) is 10.3 Å². The average molecular weight is 201 g/mol. The highest BCUT2D eigenvalue weighted by molar-refractivity contribution is 5.25. The summed E-state index contributed by atoms with van der Waals surface area (Å²) in [6.45, 7) is 3.80. The van der Waals surface area contributed by atoms with Gasteiger partial charge in [-0.2, -0.15) is 0 Å². The first-order valence-electron chi connectivity index (χ1n) is 4.24.